The van der Waals surface area contributed by atoms with E-state index in [2.05, 4.69) is 0 Å². The fourth-order valence-corrected chi connectivity index (χ4v) is 1.25. The van der Waals surface area contributed by atoms with Gasteiger partial charge >= 0.3 is 11.9 Å². The van der Waals surface area contributed by atoms with Gasteiger partial charge in [0.1, 0.15) is 12.0 Å². The van der Waals surface area contributed by atoms with E-state index in [1.165, 1.54) is 7.11 Å². The third-order valence-electron chi connectivity index (χ3n) is 2.94. The highest BCUT2D eigenvalue weighted by Gasteiger charge is 2.37. The van der Waals surface area contributed by atoms with Gasteiger partial charge in [0.05, 0.1) is 25.7 Å². The molecule has 5 heteroatoms. The van der Waals surface area contributed by atoms with E-state index in [-0.39, 0.29) is 31.2 Å². The highest BCUT2D eigenvalue weighted by atomic mass is 16.6. The van der Waals surface area contributed by atoms with Crippen molar-refractivity contribution in [2.24, 2.45) is 11.3 Å². The van der Waals surface area contributed by atoms with Gasteiger partial charge < -0.3 is 14.2 Å². The molecule has 2 atom stereocenters. The summed E-state index contributed by atoms with van der Waals surface area (Å²) in [7, 11) is 1.31. The number of rotatable bonds is 8. The van der Waals surface area contributed by atoms with Crippen LogP contribution in [-0.4, -0.2) is 38.4 Å². The molecule has 2 unspecified atom stereocenters. The smallest absolute Gasteiger partial charge is 0.317 e. The Morgan fingerprint density at radius 3 is 2.16 bits per heavy atom. The fourth-order valence-electron chi connectivity index (χ4n) is 1.25. The molecule has 0 aliphatic heterocycles. The highest BCUT2D eigenvalue weighted by molar-refractivity contribution is 5.77. The maximum Gasteiger partial charge on any atom is 0.317 e. The highest BCUT2D eigenvalue weighted by Crippen LogP contribution is 2.21. The summed E-state index contributed by atoms with van der Waals surface area (Å²) in [5.41, 5.74) is -0.970. The molecular formula is C14H26O5. The molecule has 0 N–H and O–H groups in total. The van der Waals surface area contributed by atoms with E-state index >= 15 is 0 Å². The van der Waals surface area contributed by atoms with Gasteiger partial charge in [-0.25, -0.2) is 0 Å². The van der Waals surface area contributed by atoms with E-state index in [1.54, 1.807) is 20.8 Å². The van der Waals surface area contributed by atoms with Crippen molar-refractivity contribution in [1.82, 2.24) is 0 Å². The van der Waals surface area contributed by atoms with Gasteiger partial charge in [-0.05, 0) is 20.3 Å². The predicted octanol–water partition coefficient (Wildman–Crippen LogP) is 2.18. The number of methoxy groups -OCH3 is 1. The Morgan fingerprint density at radius 2 is 1.74 bits per heavy atom. The van der Waals surface area contributed by atoms with Gasteiger partial charge in [-0.2, -0.15) is 0 Å². The van der Waals surface area contributed by atoms with Gasteiger partial charge in [-0.1, -0.05) is 20.8 Å². The second-order valence-electron chi connectivity index (χ2n) is 5.34. The first kappa shape index (κ1) is 17.9. The average molecular weight is 274 g/mol. The van der Waals surface area contributed by atoms with Crippen molar-refractivity contribution in [2.75, 3.05) is 20.3 Å². The number of hydrogen-bond donors (Lipinski definition) is 0. The molecule has 0 bridgehead atoms. The summed E-state index contributed by atoms with van der Waals surface area (Å²) >= 11 is 0. The second kappa shape index (κ2) is 8.15. The van der Waals surface area contributed by atoms with Gasteiger partial charge in [0.15, 0.2) is 0 Å². The summed E-state index contributed by atoms with van der Waals surface area (Å²) in [4.78, 5) is 23.3. The van der Waals surface area contributed by atoms with Gasteiger partial charge in [0.2, 0.25) is 0 Å². The van der Waals surface area contributed by atoms with Crippen molar-refractivity contribution in [1.29, 1.82) is 0 Å². The summed E-state index contributed by atoms with van der Waals surface area (Å²) in [5, 5.41) is 0. The monoisotopic (exact) mass is 274 g/mol. The van der Waals surface area contributed by atoms with E-state index in [1.807, 2.05) is 13.8 Å². The molecule has 0 heterocycles. The number of esters is 2. The lowest BCUT2D eigenvalue weighted by Gasteiger charge is -2.27. The third kappa shape index (κ3) is 6.05. The molecule has 0 fully saturated rings. The van der Waals surface area contributed by atoms with Gasteiger partial charge in [-0.15, -0.1) is 0 Å². The van der Waals surface area contributed by atoms with Crippen LogP contribution in [0.15, 0.2) is 0 Å². The summed E-state index contributed by atoms with van der Waals surface area (Å²) in [6, 6.07) is 0. The molecule has 0 spiro atoms. The minimum absolute atomic E-state index is 0.0346. The van der Waals surface area contributed by atoms with E-state index in [9.17, 15) is 9.59 Å². The van der Waals surface area contributed by atoms with Crippen LogP contribution in [0.5, 0.6) is 0 Å². The Labute approximate surface area is 115 Å². The van der Waals surface area contributed by atoms with Crippen LogP contribution < -0.4 is 0 Å². The number of hydrogen-bond acceptors (Lipinski definition) is 5. The van der Waals surface area contributed by atoms with Gasteiger partial charge in [0, 0.05) is 0 Å². The van der Waals surface area contributed by atoms with Crippen molar-refractivity contribution in [3.63, 3.8) is 0 Å². The molecule has 0 saturated heterocycles. The second-order valence-corrected chi connectivity index (χ2v) is 5.34. The van der Waals surface area contributed by atoms with Crippen LogP contribution in [0, 0.1) is 11.3 Å². The van der Waals surface area contributed by atoms with Crippen LogP contribution in [0.1, 0.15) is 41.0 Å². The van der Waals surface area contributed by atoms with Gasteiger partial charge in [0.25, 0.3) is 0 Å². The van der Waals surface area contributed by atoms with Crippen molar-refractivity contribution in [3.8, 4) is 0 Å². The van der Waals surface area contributed by atoms with Crippen molar-refractivity contribution < 1.29 is 23.8 Å². The normalized spacial score (nSPS) is 15.7. The lowest BCUT2D eigenvalue weighted by atomic mass is 9.93. The molecule has 0 aromatic carbocycles. The average Bonchev–Trinajstić information content (AvgIpc) is 2.40. The number of ether oxygens (including phenoxy) is 3. The van der Waals surface area contributed by atoms with E-state index < -0.39 is 11.4 Å². The lowest BCUT2D eigenvalue weighted by molar-refractivity contribution is -0.167. The van der Waals surface area contributed by atoms with Crippen LogP contribution in [0.25, 0.3) is 0 Å². The molecule has 0 aromatic heterocycles. The van der Waals surface area contributed by atoms with E-state index in [4.69, 9.17) is 14.2 Å². The number of carbonyl (C=O) groups excluding carboxylic acids is 2. The molecule has 19 heavy (non-hydrogen) atoms. The Hall–Kier alpha value is -1.10. The zero-order chi connectivity index (χ0) is 15.1. The van der Waals surface area contributed by atoms with E-state index in [0.717, 1.165) is 6.42 Å². The fraction of sp³-hybridized carbons (Fsp3) is 0.857. The maximum atomic E-state index is 11.8. The van der Waals surface area contributed by atoms with Crippen molar-refractivity contribution in [2.45, 2.75) is 47.1 Å². The topological polar surface area (TPSA) is 61.8 Å². The Morgan fingerprint density at radius 1 is 1.16 bits per heavy atom. The molecule has 5 nitrogen and oxygen atoms in total. The molecule has 0 radical (unpaired) electrons. The molecule has 0 aliphatic carbocycles. The van der Waals surface area contributed by atoms with Crippen molar-refractivity contribution >= 4 is 11.9 Å². The van der Waals surface area contributed by atoms with Crippen LogP contribution in [0.3, 0.4) is 0 Å². The van der Waals surface area contributed by atoms with Crippen molar-refractivity contribution in [3.05, 3.63) is 0 Å². The first-order valence-electron chi connectivity index (χ1n) is 6.63. The first-order chi connectivity index (χ1) is 8.76. The Balaban J connectivity index is 4.60. The number of carbonyl (C=O) groups is 2. The standard InChI is InChI=1S/C14H26O5/c1-7-11(4)18-8-14(5,13(16)17-6)9-19-12(15)10(2)3/h10-11H,7-9H2,1-6H3. The summed E-state index contributed by atoms with van der Waals surface area (Å²) < 4.78 is 15.5. The molecule has 0 amide bonds. The zero-order valence-electron chi connectivity index (χ0n) is 12.8. The molecular weight excluding hydrogens is 248 g/mol. The van der Waals surface area contributed by atoms with E-state index in [0.29, 0.717) is 0 Å². The minimum Gasteiger partial charge on any atom is -0.468 e. The molecule has 0 rings (SSSR count). The summed E-state index contributed by atoms with van der Waals surface area (Å²) in [5.74, 6) is -0.997. The minimum atomic E-state index is -0.970. The van der Waals surface area contributed by atoms with Gasteiger partial charge in [-0.3, -0.25) is 9.59 Å². The van der Waals surface area contributed by atoms with Crippen LogP contribution in [0.2, 0.25) is 0 Å². The Bertz CT molecular complexity index is 300. The predicted molar refractivity (Wildman–Crippen MR) is 71.6 cm³/mol. The molecule has 0 aliphatic rings. The molecule has 0 saturated carbocycles. The lowest BCUT2D eigenvalue weighted by Crippen LogP contribution is -2.40. The summed E-state index contributed by atoms with van der Waals surface area (Å²) in [6.07, 6.45) is 0.896. The third-order valence-corrected chi connectivity index (χ3v) is 2.94. The maximum absolute atomic E-state index is 11.8. The van der Waals surface area contributed by atoms with Crippen LogP contribution in [-0.2, 0) is 23.8 Å². The zero-order valence-corrected chi connectivity index (χ0v) is 12.8. The first-order valence-corrected chi connectivity index (χ1v) is 6.63. The Kier molecular flexibility index (Phi) is 7.68. The SMILES string of the molecule is CCC(C)OCC(C)(COC(=O)C(C)C)C(=O)OC. The van der Waals surface area contributed by atoms with Crippen LogP contribution >= 0.6 is 0 Å². The summed E-state index contributed by atoms with van der Waals surface area (Å²) in [6.45, 7) is 9.22. The largest absolute Gasteiger partial charge is 0.468 e. The van der Waals surface area contributed by atoms with Crippen LogP contribution in [0.4, 0.5) is 0 Å². The quantitative estimate of drug-likeness (QED) is 0.635. The molecule has 0 aromatic rings. The molecule has 112 valence electrons.